The maximum absolute atomic E-state index is 12.5. The molecule has 0 saturated heterocycles. The summed E-state index contributed by atoms with van der Waals surface area (Å²) in [5.41, 5.74) is 0. The van der Waals surface area contributed by atoms with Crippen molar-refractivity contribution in [2.45, 2.75) is 212 Å². The number of unbranched alkanes of at least 4 members (excludes halogenated alkanes) is 23. The summed E-state index contributed by atoms with van der Waals surface area (Å²) >= 11 is 0. The highest BCUT2D eigenvalue weighted by molar-refractivity contribution is 7.85. The number of aliphatic hydroxyl groups excluding tert-OH is 1. The summed E-state index contributed by atoms with van der Waals surface area (Å²) in [7, 11) is -4.36. The van der Waals surface area contributed by atoms with Crippen molar-refractivity contribution in [2.75, 3.05) is 5.75 Å². The fraction of sp³-hybridized carbons (Fsp3) is 0.791. The Bertz CT molecular complexity index is 972. The molecule has 1 amide bonds. The van der Waals surface area contributed by atoms with E-state index in [1.807, 2.05) is 6.08 Å². The Morgan fingerprint density at radius 1 is 0.540 bits per heavy atom. The molecule has 0 aromatic rings. The molecule has 0 saturated carbocycles. The monoisotopic (exact) mass is 722 g/mol. The van der Waals surface area contributed by atoms with E-state index in [1.54, 1.807) is 0 Å². The molecule has 0 aliphatic rings. The molecule has 3 N–H and O–H groups in total. The lowest BCUT2D eigenvalue weighted by Crippen LogP contribution is -2.46. The third kappa shape index (κ3) is 37.6. The largest absolute Gasteiger partial charge is 0.387 e. The average molecular weight is 722 g/mol. The normalized spacial score (nSPS) is 13.8. The third-order valence-electron chi connectivity index (χ3n) is 9.23. The van der Waals surface area contributed by atoms with Crippen molar-refractivity contribution >= 4 is 16.0 Å². The number of carbonyl (C=O) groups excluding carboxylic acids is 1. The maximum atomic E-state index is 12.5. The van der Waals surface area contributed by atoms with Crippen molar-refractivity contribution in [2.24, 2.45) is 0 Å². The number of allylic oxidation sites excluding steroid dienone is 7. The minimum absolute atomic E-state index is 0.271. The molecule has 2 atom stereocenters. The van der Waals surface area contributed by atoms with Gasteiger partial charge >= 0.3 is 0 Å². The second-order valence-electron chi connectivity index (χ2n) is 14.3. The van der Waals surface area contributed by atoms with Crippen LogP contribution in [0.3, 0.4) is 0 Å². The molecule has 0 aliphatic heterocycles. The van der Waals surface area contributed by atoms with Crippen LogP contribution in [0.1, 0.15) is 200 Å². The summed E-state index contributed by atoms with van der Waals surface area (Å²) in [6.45, 7) is 4.50. The van der Waals surface area contributed by atoms with Gasteiger partial charge in [0.15, 0.2) is 0 Å². The summed E-state index contributed by atoms with van der Waals surface area (Å²) < 4.78 is 32.5. The molecule has 0 fully saturated rings. The van der Waals surface area contributed by atoms with Gasteiger partial charge in [0, 0.05) is 6.42 Å². The highest BCUT2D eigenvalue weighted by Gasteiger charge is 2.24. The number of rotatable bonds is 37. The number of carbonyl (C=O) groups is 1. The zero-order valence-corrected chi connectivity index (χ0v) is 33.3. The standard InChI is InChI=1S/C43H79NO5S/c1-3-5-7-9-11-13-15-17-19-20-21-22-23-25-26-28-30-32-34-36-38-42(45)41(40-50(47,48)49)44-43(46)39-37-35-33-31-29-27-24-18-16-14-12-10-8-6-4-2/h12,14,18,24,28,30,36,38,41-42,45H,3-11,13,15-17,19-23,25-27,29,31-35,37,39-40H2,1-2H3,(H,44,46)(H,47,48,49)/b14-12-,24-18-,30-28+,38-36+. The van der Waals surface area contributed by atoms with E-state index in [0.29, 0.717) is 12.8 Å². The quantitative estimate of drug-likeness (QED) is 0.0336. The van der Waals surface area contributed by atoms with Crippen molar-refractivity contribution in [3.8, 4) is 0 Å². The van der Waals surface area contributed by atoms with Gasteiger partial charge < -0.3 is 10.4 Å². The second-order valence-corrected chi connectivity index (χ2v) is 15.8. The van der Waals surface area contributed by atoms with Gasteiger partial charge in [0.05, 0.1) is 17.9 Å². The molecule has 0 radical (unpaired) electrons. The van der Waals surface area contributed by atoms with Gasteiger partial charge in [-0.05, 0) is 64.2 Å². The first-order valence-electron chi connectivity index (χ1n) is 20.8. The summed E-state index contributed by atoms with van der Waals surface area (Å²) in [5.74, 6) is -1.02. The van der Waals surface area contributed by atoms with Crippen LogP contribution in [0.15, 0.2) is 48.6 Å². The summed E-state index contributed by atoms with van der Waals surface area (Å²) in [6.07, 6.45) is 49.6. The first-order chi connectivity index (χ1) is 24.3. The minimum atomic E-state index is -4.36. The van der Waals surface area contributed by atoms with Crippen molar-refractivity contribution in [1.29, 1.82) is 0 Å². The molecule has 50 heavy (non-hydrogen) atoms. The Morgan fingerprint density at radius 3 is 1.42 bits per heavy atom. The van der Waals surface area contributed by atoms with Gasteiger partial charge in [-0.25, -0.2) is 0 Å². The molecule has 2 unspecified atom stereocenters. The fourth-order valence-corrected chi connectivity index (χ4v) is 6.82. The van der Waals surface area contributed by atoms with Crippen LogP contribution in [-0.2, 0) is 14.9 Å². The van der Waals surface area contributed by atoms with Crippen LogP contribution in [0.25, 0.3) is 0 Å². The van der Waals surface area contributed by atoms with Crippen molar-refractivity contribution < 1.29 is 22.9 Å². The van der Waals surface area contributed by atoms with Crippen LogP contribution in [-0.4, -0.2) is 41.9 Å². The van der Waals surface area contributed by atoms with E-state index in [9.17, 15) is 22.9 Å². The Labute approximate surface area is 309 Å². The topological polar surface area (TPSA) is 104 Å². The maximum Gasteiger partial charge on any atom is 0.267 e. The van der Waals surface area contributed by atoms with E-state index in [2.05, 4.69) is 55.6 Å². The van der Waals surface area contributed by atoms with Gasteiger partial charge in [-0.3, -0.25) is 9.35 Å². The van der Waals surface area contributed by atoms with Crippen LogP contribution in [0.5, 0.6) is 0 Å². The highest BCUT2D eigenvalue weighted by Crippen LogP contribution is 2.14. The van der Waals surface area contributed by atoms with Crippen molar-refractivity contribution in [1.82, 2.24) is 5.32 Å². The zero-order valence-electron chi connectivity index (χ0n) is 32.5. The minimum Gasteiger partial charge on any atom is -0.387 e. The van der Waals surface area contributed by atoms with Crippen LogP contribution < -0.4 is 5.32 Å². The third-order valence-corrected chi connectivity index (χ3v) is 10.0. The van der Waals surface area contributed by atoms with Gasteiger partial charge in [-0.15, -0.1) is 0 Å². The van der Waals surface area contributed by atoms with Gasteiger partial charge in [-0.1, -0.05) is 178 Å². The van der Waals surface area contributed by atoms with E-state index in [-0.39, 0.29) is 12.3 Å². The van der Waals surface area contributed by atoms with Crippen molar-refractivity contribution in [3.63, 3.8) is 0 Å². The smallest absolute Gasteiger partial charge is 0.267 e. The Hall–Kier alpha value is -1.70. The number of nitrogens with one attached hydrogen (secondary N) is 1. The molecule has 292 valence electrons. The Kier molecular flexibility index (Phi) is 35.8. The van der Waals surface area contributed by atoms with Crippen LogP contribution in [0.4, 0.5) is 0 Å². The number of aliphatic hydroxyl groups is 1. The molecule has 0 heterocycles. The molecule has 0 aromatic carbocycles. The first-order valence-corrected chi connectivity index (χ1v) is 22.4. The molecule has 6 nitrogen and oxygen atoms in total. The van der Waals surface area contributed by atoms with Gasteiger partial charge in [-0.2, -0.15) is 8.42 Å². The van der Waals surface area contributed by atoms with Gasteiger partial charge in [0.1, 0.15) is 0 Å². The predicted molar refractivity (Wildman–Crippen MR) is 216 cm³/mol. The lowest BCUT2D eigenvalue weighted by molar-refractivity contribution is -0.122. The fourth-order valence-electron chi connectivity index (χ4n) is 6.08. The van der Waals surface area contributed by atoms with E-state index in [4.69, 9.17) is 0 Å². The summed E-state index contributed by atoms with van der Waals surface area (Å²) in [4.78, 5) is 12.5. The zero-order chi connectivity index (χ0) is 36.8. The van der Waals surface area contributed by atoms with Crippen molar-refractivity contribution in [3.05, 3.63) is 48.6 Å². The predicted octanol–water partition coefficient (Wildman–Crippen LogP) is 12.3. The Balaban J connectivity index is 3.98. The summed E-state index contributed by atoms with van der Waals surface area (Å²) in [5, 5.41) is 13.2. The van der Waals surface area contributed by atoms with E-state index in [1.165, 1.54) is 122 Å². The molecule has 0 bridgehead atoms. The molecule has 0 spiro atoms. The average Bonchev–Trinajstić information content (AvgIpc) is 3.08. The van der Waals surface area contributed by atoms with Gasteiger partial charge in [0.2, 0.25) is 5.91 Å². The molecule has 0 aromatic heterocycles. The first kappa shape index (κ1) is 48.3. The number of amides is 1. The van der Waals surface area contributed by atoms with E-state index < -0.39 is 28.0 Å². The Morgan fingerprint density at radius 2 is 0.920 bits per heavy atom. The van der Waals surface area contributed by atoms with Crippen LogP contribution in [0.2, 0.25) is 0 Å². The van der Waals surface area contributed by atoms with Crippen LogP contribution >= 0.6 is 0 Å². The second kappa shape index (κ2) is 37.1. The molecular weight excluding hydrogens is 643 g/mol. The molecule has 7 heteroatoms. The number of hydrogen-bond donors (Lipinski definition) is 3. The number of hydrogen-bond acceptors (Lipinski definition) is 4. The van der Waals surface area contributed by atoms with E-state index >= 15 is 0 Å². The molecule has 0 aliphatic carbocycles. The lowest BCUT2D eigenvalue weighted by atomic mass is 10.0. The van der Waals surface area contributed by atoms with Crippen LogP contribution in [0, 0.1) is 0 Å². The van der Waals surface area contributed by atoms with E-state index in [0.717, 1.165) is 51.4 Å². The molecule has 0 rings (SSSR count). The molecular formula is C43H79NO5S. The summed E-state index contributed by atoms with van der Waals surface area (Å²) in [6, 6.07) is -1.08. The highest BCUT2D eigenvalue weighted by atomic mass is 32.2. The lowest BCUT2D eigenvalue weighted by Gasteiger charge is -2.21. The van der Waals surface area contributed by atoms with Gasteiger partial charge in [0.25, 0.3) is 10.1 Å². The SMILES string of the molecule is CCCCC/C=C\C/C=C\CCCCCCCC(=O)NC(CS(=O)(=O)O)C(O)/C=C/CC/C=C/CCCCCCCCCCCCCCCC.